The predicted molar refractivity (Wildman–Crippen MR) is 68.1 cm³/mol. The van der Waals surface area contributed by atoms with Crippen molar-refractivity contribution in [3.05, 3.63) is 0 Å². The van der Waals surface area contributed by atoms with E-state index in [-0.39, 0.29) is 12.1 Å². The number of hydrogen-bond acceptors (Lipinski definition) is 3. The molecule has 0 aromatic carbocycles. The third kappa shape index (κ3) is 2.27. The lowest BCUT2D eigenvalue weighted by atomic mass is 9.69. The first-order chi connectivity index (χ1) is 7.61. The fourth-order valence-electron chi connectivity index (χ4n) is 3.73. The Morgan fingerprint density at radius 3 is 2.50 bits per heavy atom. The lowest BCUT2D eigenvalue weighted by molar-refractivity contribution is 0.0553. The van der Waals surface area contributed by atoms with E-state index in [1.165, 1.54) is 32.2 Å². The van der Waals surface area contributed by atoms with E-state index in [2.05, 4.69) is 18.9 Å². The van der Waals surface area contributed by atoms with Crippen LogP contribution in [-0.4, -0.2) is 36.6 Å². The first-order valence-corrected chi connectivity index (χ1v) is 6.82. The third-order valence-corrected chi connectivity index (χ3v) is 4.82. The van der Waals surface area contributed by atoms with Gasteiger partial charge in [-0.1, -0.05) is 13.3 Å². The van der Waals surface area contributed by atoms with Crippen LogP contribution in [0.4, 0.5) is 0 Å². The standard InChI is InChI=1S/C13H27N3/c1-9-6-7-10(14)13(15)12(9)11-5-3-4-8-16(11)2/h9-13H,3-8,14-15H2,1-2H3. The van der Waals surface area contributed by atoms with Crippen molar-refractivity contribution >= 4 is 0 Å². The molecule has 4 N–H and O–H groups in total. The second-order valence-corrected chi connectivity index (χ2v) is 5.92. The molecule has 1 aliphatic heterocycles. The molecule has 2 fully saturated rings. The van der Waals surface area contributed by atoms with Gasteiger partial charge in [0, 0.05) is 18.1 Å². The zero-order valence-electron chi connectivity index (χ0n) is 10.7. The summed E-state index contributed by atoms with van der Waals surface area (Å²) in [6, 6.07) is 1.09. The number of rotatable bonds is 1. The second kappa shape index (κ2) is 5.03. The van der Waals surface area contributed by atoms with Crippen LogP contribution in [0.5, 0.6) is 0 Å². The van der Waals surface area contributed by atoms with Gasteiger partial charge < -0.3 is 16.4 Å². The third-order valence-electron chi connectivity index (χ3n) is 4.82. The van der Waals surface area contributed by atoms with Crippen molar-refractivity contribution in [2.75, 3.05) is 13.6 Å². The molecule has 0 aromatic rings. The van der Waals surface area contributed by atoms with Crippen molar-refractivity contribution in [3.8, 4) is 0 Å². The predicted octanol–water partition coefficient (Wildman–Crippen LogP) is 1.17. The molecular formula is C13H27N3. The number of likely N-dealkylation sites (tertiary alicyclic amines) is 1. The summed E-state index contributed by atoms with van der Waals surface area (Å²) in [5.74, 6) is 1.34. The number of nitrogens with zero attached hydrogens (tertiary/aromatic N) is 1. The van der Waals surface area contributed by atoms with Gasteiger partial charge in [-0.05, 0) is 51.1 Å². The van der Waals surface area contributed by atoms with E-state index in [4.69, 9.17) is 11.5 Å². The monoisotopic (exact) mass is 225 g/mol. The topological polar surface area (TPSA) is 55.3 Å². The minimum atomic E-state index is 0.203. The van der Waals surface area contributed by atoms with Crippen molar-refractivity contribution in [2.45, 2.75) is 57.2 Å². The highest BCUT2D eigenvalue weighted by Gasteiger charge is 2.40. The second-order valence-electron chi connectivity index (χ2n) is 5.92. The first kappa shape index (κ1) is 12.3. The fraction of sp³-hybridized carbons (Fsp3) is 1.00. The van der Waals surface area contributed by atoms with E-state index in [9.17, 15) is 0 Å². The number of hydrogen-bond donors (Lipinski definition) is 2. The Hall–Kier alpha value is -0.120. The average Bonchev–Trinajstić information content (AvgIpc) is 2.27. The molecule has 94 valence electrons. The lowest BCUT2D eigenvalue weighted by Gasteiger charge is -2.47. The summed E-state index contributed by atoms with van der Waals surface area (Å²) in [5.41, 5.74) is 12.5. The Labute approximate surface area is 99.5 Å². The molecule has 5 atom stereocenters. The molecule has 2 aliphatic rings. The van der Waals surface area contributed by atoms with E-state index < -0.39 is 0 Å². The normalized spacial score (nSPS) is 46.9. The van der Waals surface area contributed by atoms with Crippen molar-refractivity contribution in [1.29, 1.82) is 0 Å². The Bertz CT molecular complexity index is 231. The maximum absolute atomic E-state index is 6.35. The van der Waals surface area contributed by atoms with Crippen molar-refractivity contribution in [3.63, 3.8) is 0 Å². The molecule has 0 aromatic heterocycles. The highest BCUT2D eigenvalue weighted by Crippen LogP contribution is 2.36. The number of nitrogens with two attached hydrogens (primary N) is 2. The summed E-state index contributed by atoms with van der Waals surface area (Å²) in [7, 11) is 2.25. The molecule has 1 aliphatic carbocycles. The van der Waals surface area contributed by atoms with Gasteiger partial charge in [-0.25, -0.2) is 0 Å². The van der Waals surface area contributed by atoms with Crippen molar-refractivity contribution in [2.24, 2.45) is 23.3 Å². The first-order valence-electron chi connectivity index (χ1n) is 6.82. The van der Waals surface area contributed by atoms with Crippen molar-refractivity contribution in [1.82, 2.24) is 4.90 Å². The molecule has 0 spiro atoms. The summed E-state index contributed by atoms with van der Waals surface area (Å²) in [5, 5.41) is 0. The van der Waals surface area contributed by atoms with Gasteiger partial charge in [0.1, 0.15) is 0 Å². The van der Waals surface area contributed by atoms with Gasteiger partial charge in [0.05, 0.1) is 0 Å². The molecule has 0 radical (unpaired) electrons. The van der Waals surface area contributed by atoms with E-state index in [0.29, 0.717) is 12.0 Å². The highest BCUT2D eigenvalue weighted by atomic mass is 15.1. The largest absolute Gasteiger partial charge is 0.326 e. The van der Waals surface area contributed by atoms with Gasteiger partial charge in [0.2, 0.25) is 0 Å². The summed E-state index contributed by atoms with van der Waals surface area (Å²) in [6.45, 7) is 3.59. The van der Waals surface area contributed by atoms with E-state index >= 15 is 0 Å². The zero-order chi connectivity index (χ0) is 11.7. The van der Waals surface area contributed by atoms with Crippen LogP contribution in [0.2, 0.25) is 0 Å². The maximum atomic E-state index is 6.35. The van der Waals surface area contributed by atoms with Crippen LogP contribution in [0.15, 0.2) is 0 Å². The van der Waals surface area contributed by atoms with Crippen LogP contribution >= 0.6 is 0 Å². The summed E-state index contributed by atoms with van der Waals surface area (Å²) in [4.78, 5) is 2.52. The molecular weight excluding hydrogens is 198 g/mol. The van der Waals surface area contributed by atoms with Gasteiger partial charge in [-0.15, -0.1) is 0 Å². The quantitative estimate of drug-likeness (QED) is 0.704. The lowest BCUT2D eigenvalue weighted by Crippen LogP contribution is -2.59. The average molecular weight is 225 g/mol. The molecule has 0 amide bonds. The number of piperidine rings is 1. The Morgan fingerprint density at radius 2 is 1.81 bits per heavy atom. The Balaban J connectivity index is 2.09. The molecule has 1 saturated heterocycles. The molecule has 3 heteroatoms. The van der Waals surface area contributed by atoms with Gasteiger partial charge in [0.15, 0.2) is 0 Å². The van der Waals surface area contributed by atoms with Crippen molar-refractivity contribution < 1.29 is 0 Å². The molecule has 2 rings (SSSR count). The molecule has 16 heavy (non-hydrogen) atoms. The van der Waals surface area contributed by atoms with E-state index in [1.54, 1.807) is 0 Å². The van der Waals surface area contributed by atoms with Crippen LogP contribution in [0.3, 0.4) is 0 Å². The zero-order valence-corrected chi connectivity index (χ0v) is 10.7. The van der Waals surface area contributed by atoms with Crippen LogP contribution in [0.25, 0.3) is 0 Å². The fourth-order valence-corrected chi connectivity index (χ4v) is 3.73. The molecule has 0 bridgehead atoms. The van der Waals surface area contributed by atoms with Crippen LogP contribution < -0.4 is 11.5 Å². The van der Waals surface area contributed by atoms with Gasteiger partial charge in [0.25, 0.3) is 0 Å². The summed E-state index contributed by atoms with van der Waals surface area (Å²) < 4.78 is 0. The molecule has 1 saturated carbocycles. The molecule has 3 nitrogen and oxygen atoms in total. The van der Waals surface area contributed by atoms with Crippen LogP contribution in [-0.2, 0) is 0 Å². The minimum Gasteiger partial charge on any atom is -0.326 e. The van der Waals surface area contributed by atoms with Gasteiger partial charge in [-0.3, -0.25) is 0 Å². The minimum absolute atomic E-state index is 0.203. The van der Waals surface area contributed by atoms with E-state index in [1.807, 2.05) is 0 Å². The highest BCUT2D eigenvalue weighted by molar-refractivity contribution is 4.97. The smallest absolute Gasteiger partial charge is 0.0238 e. The summed E-state index contributed by atoms with van der Waals surface area (Å²) >= 11 is 0. The Kier molecular flexibility index (Phi) is 3.88. The van der Waals surface area contributed by atoms with Crippen LogP contribution in [0.1, 0.15) is 39.0 Å². The molecule has 5 unspecified atom stereocenters. The van der Waals surface area contributed by atoms with Gasteiger partial charge in [-0.2, -0.15) is 0 Å². The molecule has 1 heterocycles. The van der Waals surface area contributed by atoms with E-state index in [0.717, 1.165) is 12.3 Å². The maximum Gasteiger partial charge on any atom is 0.0238 e. The van der Waals surface area contributed by atoms with Crippen LogP contribution in [0, 0.1) is 11.8 Å². The van der Waals surface area contributed by atoms with Gasteiger partial charge >= 0.3 is 0 Å². The SMILES string of the molecule is CC1CCC(N)C(N)C1C1CCCCN1C. The summed E-state index contributed by atoms with van der Waals surface area (Å²) in [6.07, 6.45) is 6.38. The Morgan fingerprint density at radius 1 is 1.06 bits per heavy atom.